The Morgan fingerprint density at radius 2 is 1.80 bits per heavy atom. The predicted octanol–water partition coefficient (Wildman–Crippen LogP) is 5.15. The third-order valence-electron chi connectivity index (χ3n) is 3.88. The van der Waals surface area contributed by atoms with Gasteiger partial charge in [-0.15, -0.1) is 11.6 Å². The molecular weight excluding hydrogens is 429 g/mol. The molecule has 0 N–H and O–H groups in total. The minimum atomic E-state index is -5.03. The number of alkyl halides is 4. The highest BCUT2D eigenvalue weighted by Crippen LogP contribution is 2.39. The Balaban J connectivity index is 2.13. The number of esters is 1. The SMILES string of the molecule is COc1cccc(Oc2c(C(F)(F)F)oc3cc(OC(=O)C(C)Cl)ccc3c2=O)c1. The van der Waals surface area contributed by atoms with E-state index in [-0.39, 0.29) is 16.9 Å². The van der Waals surface area contributed by atoms with Crippen LogP contribution in [0.3, 0.4) is 0 Å². The van der Waals surface area contributed by atoms with Crippen molar-refractivity contribution in [2.75, 3.05) is 7.11 Å². The number of halogens is 4. The second-order valence-electron chi connectivity index (χ2n) is 6.06. The van der Waals surface area contributed by atoms with E-state index >= 15 is 0 Å². The summed E-state index contributed by atoms with van der Waals surface area (Å²) in [5.41, 5.74) is -1.48. The molecule has 1 heterocycles. The summed E-state index contributed by atoms with van der Waals surface area (Å²) < 4.78 is 60.9. The van der Waals surface area contributed by atoms with Crippen LogP contribution in [0.25, 0.3) is 11.0 Å². The number of ether oxygens (including phenoxy) is 3. The van der Waals surface area contributed by atoms with Crippen molar-refractivity contribution in [3.05, 3.63) is 58.4 Å². The number of benzene rings is 2. The first-order chi connectivity index (χ1) is 14.1. The zero-order valence-electron chi connectivity index (χ0n) is 15.6. The summed E-state index contributed by atoms with van der Waals surface area (Å²) in [5.74, 6) is -3.32. The van der Waals surface area contributed by atoms with Crippen LogP contribution in [-0.4, -0.2) is 18.5 Å². The Kier molecular flexibility index (Phi) is 5.93. The lowest BCUT2D eigenvalue weighted by atomic mass is 10.2. The van der Waals surface area contributed by atoms with E-state index < -0.39 is 40.0 Å². The number of rotatable bonds is 5. The largest absolute Gasteiger partial charge is 0.497 e. The summed E-state index contributed by atoms with van der Waals surface area (Å²) in [5, 5.41) is -1.17. The number of hydrogen-bond acceptors (Lipinski definition) is 6. The molecule has 2 aromatic carbocycles. The van der Waals surface area contributed by atoms with E-state index in [0.29, 0.717) is 5.75 Å². The van der Waals surface area contributed by atoms with Gasteiger partial charge in [-0.1, -0.05) is 6.07 Å². The van der Waals surface area contributed by atoms with Gasteiger partial charge in [0, 0.05) is 12.1 Å². The Morgan fingerprint density at radius 1 is 1.10 bits per heavy atom. The molecule has 1 atom stereocenters. The Hall–Kier alpha value is -3.20. The van der Waals surface area contributed by atoms with E-state index in [0.717, 1.165) is 6.07 Å². The lowest BCUT2D eigenvalue weighted by Gasteiger charge is -2.14. The third kappa shape index (κ3) is 4.51. The van der Waals surface area contributed by atoms with Crippen LogP contribution in [0.5, 0.6) is 23.0 Å². The van der Waals surface area contributed by atoms with E-state index in [1.807, 2.05) is 0 Å². The molecule has 3 rings (SSSR count). The Labute approximate surface area is 172 Å². The third-order valence-corrected chi connectivity index (χ3v) is 4.06. The first-order valence-corrected chi connectivity index (χ1v) is 8.89. The molecular formula is C20H14ClF3O6. The summed E-state index contributed by atoms with van der Waals surface area (Å²) in [6, 6.07) is 9.13. The van der Waals surface area contributed by atoms with Crippen molar-refractivity contribution in [3.63, 3.8) is 0 Å². The van der Waals surface area contributed by atoms with Crippen molar-refractivity contribution >= 4 is 28.5 Å². The summed E-state index contributed by atoms with van der Waals surface area (Å²) in [7, 11) is 1.38. The molecule has 0 aliphatic rings. The van der Waals surface area contributed by atoms with Gasteiger partial charge in [-0.05, 0) is 31.2 Å². The fourth-order valence-corrected chi connectivity index (χ4v) is 2.52. The number of carbonyl (C=O) groups is 1. The van der Waals surface area contributed by atoms with E-state index in [4.69, 9.17) is 30.2 Å². The number of methoxy groups -OCH3 is 1. The molecule has 1 aromatic heterocycles. The van der Waals surface area contributed by atoms with Crippen LogP contribution in [0.2, 0.25) is 0 Å². The van der Waals surface area contributed by atoms with E-state index in [9.17, 15) is 22.8 Å². The highest BCUT2D eigenvalue weighted by atomic mass is 35.5. The quantitative estimate of drug-likeness (QED) is 0.309. The lowest BCUT2D eigenvalue weighted by Crippen LogP contribution is -2.18. The highest BCUT2D eigenvalue weighted by molar-refractivity contribution is 6.29. The van der Waals surface area contributed by atoms with Crippen LogP contribution >= 0.6 is 11.6 Å². The van der Waals surface area contributed by atoms with E-state index in [1.54, 1.807) is 6.07 Å². The van der Waals surface area contributed by atoms with Crippen LogP contribution < -0.4 is 19.6 Å². The van der Waals surface area contributed by atoms with Gasteiger partial charge >= 0.3 is 12.1 Å². The van der Waals surface area contributed by atoms with Gasteiger partial charge in [-0.3, -0.25) is 9.59 Å². The van der Waals surface area contributed by atoms with Crippen molar-refractivity contribution in [2.45, 2.75) is 18.5 Å². The normalized spacial score (nSPS) is 12.5. The monoisotopic (exact) mass is 442 g/mol. The molecule has 0 aliphatic carbocycles. The van der Waals surface area contributed by atoms with Crippen molar-refractivity contribution in [3.8, 4) is 23.0 Å². The maximum absolute atomic E-state index is 13.6. The van der Waals surface area contributed by atoms with Gasteiger partial charge in [0.15, 0.2) is 0 Å². The molecule has 158 valence electrons. The van der Waals surface area contributed by atoms with Gasteiger partial charge in [0.1, 0.15) is 28.2 Å². The van der Waals surface area contributed by atoms with Crippen molar-refractivity contribution in [2.24, 2.45) is 0 Å². The molecule has 0 saturated heterocycles. The number of carbonyl (C=O) groups excluding carboxylic acids is 1. The van der Waals surface area contributed by atoms with Crippen LogP contribution in [0.4, 0.5) is 13.2 Å². The fraction of sp³-hybridized carbons (Fsp3) is 0.200. The lowest BCUT2D eigenvalue weighted by molar-refractivity contribution is -0.154. The fourth-order valence-electron chi connectivity index (χ4n) is 2.48. The van der Waals surface area contributed by atoms with Crippen molar-refractivity contribution in [1.82, 2.24) is 0 Å². The van der Waals surface area contributed by atoms with Crippen LogP contribution in [0.15, 0.2) is 51.7 Å². The molecule has 0 fully saturated rings. The van der Waals surface area contributed by atoms with Gasteiger partial charge in [-0.2, -0.15) is 13.2 Å². The van der Waals surface area contributed by atoms with E-state index in [2.05, 4.69) is 0 Å². The molecule has 0 amide bonds. The van der Waals surface area contributed by atoms with Crippen molar-refractivity contribution < 1.29 is 36.6 Å². The Bertz CT molecular complexity index is 1150. The van der Waals surface area contributed by atoms with Gasteiger partial charge in [0.2, 0.25) is 11.2 Å². The average Bonchev–Trinajstić information content (AvgIpc) is 2.69. The standard InChI is InChI=1S/C20H14ClF3O6/c1-10(21)19(26)29-13-6-7-14-15(9-13)30-18(20(22,23)24)17(16(14)25)28-12-5-3-4-11(8-12)27-2/h3-10H,1-2H3. The maximum atomic E-state index is 13.6. The summed E-state index contributed by atoms with van der Waals surface area (Å²) in [4.78, 5) is 24.3. The summed E-state index contributed by atoms with van der Waals surface area (Å²) >= 11 is 5.60. The van der Waals surface area contributed by atoms with Gasteiger partial charge in [0.05, 0.1) is 12.5 Å². The average molecular weight is 443 g/mol. The van der Waals surface area contributed by atoms with Gasteiger partial charge in [0.25, 0.3) is 5.76 Å². The maximum Gasteiger partial charge on any atom is 0.453 e. The molecule has 0 aliphatic heterocycles. The molecule has 0 bridgehead atoms. The van der Waals surface area contributed by atoms with Crippen LogP contribution in [0.1, 0.15) is 12.7 Å². The first kappa shape index (κ1) is 21.5. The number of hydrogen-bond donors (Lipinski definition) is 0. The smallest absolute Gasteiger partial charge is 0.453 e. The number of fused-ring (bicyclic) bond motifs is 1. The van der Waals surface area contributed by atoms with Crippen LogP contribution in [0, 0.1) is 0 Å². The summed E-state index contributed by atoms with van der Waals surface area (Å²) in [6.45, 7) is 1.37. The molecule has 1 unspecified atom stereocenters. The highest BCUT2D eigenvalue weighted by Gasteiger charge is 2.40. The molecule has 30 heavy (non-hydrogen) atoms. The minimum Gasteiger partial charge on any atom is -0.497 e. The van der Waals surface area contributed by atoms with E-state index in [1.165, 1.54) is 44.4 Å². The molecule has 10 heteroatoms. The second-order valence-corrected chi connectivity index (χ2v) is 6.72. The zero-order chi connectivity index (χ0) is 22.1. The minimum absolute atomic E-state index is 0.0480. The summed E-state index contributed by atoms with van der Waals surface area (Å²) in [6.07, 6.45) is -5.03. The Morgan fingerprint density at radius 3 is 2.43 bits per heavy atom. The van der Waals surface area contributed by atoms with Crippen molar-refractivity contribution in [1.29, 1.82) is 0 Å². The molecule has 6 nitrogen and oxygen atoms in total. The molecule has 3 aromatic rings. The second kappa shape index (κ2) is 8.27. The van der Waals surface area contributed by atoms with Gasteiger partial charge < -0.3 is 18.6 Å². The van der Waals surface area contributed by atoms with Gasteiger partial charge in [-0.25, -0.2) is 0 Å². The molecule has 0 saturated carbocycles. The van der Waals surface area contributed by atoms with Crippen LogP contribution in [-0.2, 0) is 11.0 Å². The zero-order valence-corrected chi connectivity index (χ0v) is 16.3. The molecule has 0 spiro atoms. The first-order valence-electron chi connectivity index (χ1n) is 8.46. The predicted molar refractivity (Wildman–Crippen MR) is 102 cm³/mol. The topological polar surface area (TPSA) is 75.0 Å². The molecule has 0 radical (unpaired) electrons.